The van der Waals surface area contributed by atoms with E-state index in [2.05, 4.69) is 15.6 Å². The zero-order valence-corrected chi connectivity index (χ0v) is 7.97. The molecule has 6 heteroatoms. The van der Waals surface area contributed by atoms with E-state index < -0.39 is 0 Å². The second-order valence-corrected chi connectivity index (χ2v) is 3.06. The molecule has 4 N–H and O–H groups in total. The van der Waals surface area contributed by atoms with Crippen molar-refractivity contribution in [2.45, 2.75) is 25.9 Å². The second kappa shape index (κ2) is 5.23. The summed E-state index contributed by atoms with van der Waals surface area (Å²) in [5.74, 6) is 0.971. The molecule has 0 radical (unpaired) electrons. The first-order valence-electron chi connectivity index (χ1n) is 4.31. The maximum absolute atomic E-state index is 8.34. The summed E-state index contributed by atoms with van der Waals surface area (Å²) in [6.45, 7) is 2.52. The molecule has 6 nitrogen and oxygen atoms in total. The molecule has 0 saturated carbocycles. The molecular weight excluding hydrogens is 184 g/mol. The maximum Gasteiger partial charge on any atom is 0.150 e. The van der Waals surface area contributed by atoms with E-state index in [0.29, 0.717) is 13.0 Å². The SMILES string of the molecule is CC(CC(N)=NO)NCc1ccno1. The molecule has 0 aliphatic heterocycles. The lowest BCUT2D eigenvalue weighted by atomic mass is 10.2. The summed E-state index contributed by atoms with van der Waals surface area (Å²) in [4.78, 5) is 0. The van der Waals surface area contributed by atoms with Crippen LogP contribution in [0.3, 0.4) is 0 Å². The van der Waals surface area contributed by atoms with Gasteiger partial charge in [0, 0.05) is 18.5 Å². The number of hydrogen-bond donors (Lipinski definition) is 3. The normalized spacial score (nSPS) is 14.2. The Balaban J connectivity index is 2.25. The van der Waals surface area contributed by atoms with Crippen molar-refractivity contribution in [3.8, 4) is 0 Å². The van der Waals surface area contributed by atoms with Crippen molar-refractivity contribution in [1.82, 2.24) is 10.5 Å². The monoisotopic (exact) mass is 198 g/mol. The zero-order valence-electron chi connectivity index (χ0n) is 7.97. The molecule has 0 aliphatic carbocycles. The summed E-state index contributed by atoms with van der Waals surface area (Å²) in [5.41, 5.74) is 5.35. The van der Waals surface area contributed by atoms with Crippen molar-refractivity contribution >= 4 is 5.84 Å². The van der Waals surface area contributed by atoms with Crippen LogP contribution in [-0.2, 0) is 6.54 Å². The smallest absolute Gasteiger partial charge is 0.150 e. The second-order valence-electron chi connectivity index (χ2n) is 3.06. The van der Waals surface area contributed by atoms with E-state index in [1.54, 1.807) is 12.3 Å². The van der Waals surface area contributed by atoms with E-state index in [1.165, 1.54) is 0 Å². The van der Waals surface area contributed by atoms with Gasteiger partial charge in [-0.15, -0.1) is 0 Å². The molecule has 0 spiro atoms. The lowest BCUT2D eigenvalue weighted by molar-refractivity contribution is 0.315. The van der Waals surface area contributed by atoms with Crippen molar-refractivity contribution in [1.29, 1.82) is 0 Å². The average Bonchev–Trinajstić information content (AvgIpc) is 2.67. The van der Waals surface area contributed by atoms with Crippen LogP contribution in [0, 0.1) is 0 Å². The first-order chi connectivity index (χ1) is 6.72. The molecule has 14 heavy (non-hydrogen) atoms. The van der Waals surface area contributed by atoms with Crippen LogP contribution in [0.1, 0.15) is 19.1 Å². The molecule has 1 rings (SSSR count). The van der Waals surface area contributed by atoms with E-state index in [4.69, 9.17) is 15.5 Å². The fraction of sp³-hybridized carbons (Fsp3) is 0.500. The number of hydrogen-bond acceptors (Lipinski definition) is 5. The summed E-state index contributed by atoms with van der Waals surface area (Å²) in [7, 11) is 0. The average molecular weight is 198 g/mol. The molecule has 0 bridgehead atoms. The standard InChI is InChI=1S/C8H14N4O2/c1-6(4-8(9)12-13)10-5-7-2-3-11-14-7/h2-3,6,10,13H,4-5H2,1H3,(H2,9,12). The largest absolute Gasteiger partial charge is 0.409 e. The summed E-state index contributed by atoms with van der Waals surface area (Å²) in [6.07, 6.45) is 2.08. The highest BCUT2D eigenvalue weighted by atomic mass is 16.5. The molecule has 1 aromatic rings. The first kappa shape index (κ1) is 10.5. The van der Waals surface area contributed by atoms with Gasteiger partial charge in [0.05, 0.1) is 12.7 Å². The van der Waals surface area contributed by atoms with Crippen LogP contribution in [0.25, 0.3) is 0 Å². The summed E-state index contributed by atoms with van der Waals surface area (Å²) >= 11 is 0. The predicted molar refractivity (Wildman–Crippen MR) is 50.8 cm³/mol. The number of nitrogens with one attached hydrogen (secondary N) is 1. The van der Waals surface area contributed by atoms with Gasteiger partial charge in [-0.05, 0) is 6.92 Å². The number of amidine groups is 1. The molecule has 78 valence electrons. The summed E-state index contributed by atoms with van der Waals surface area (Å²) in [6, 6.07) is 1.90. The van der Waals surface area contributed by atoms with Gasteiger partial charge in [0.25, 0.3) is 0 Å². The number of nitrogens with zero attached hydrogens (tertiary/aromatic N) is 2. The van der Waals surface area contributed by atoms with Gasteiger partial charge in [-0.25, -0.2) is 0 Å². The third-order valence-electron chi connectivity index (χ3n) is 1.76. The van der Waals surface area contributed by atoms with Gasteiger partial charge in [0.2, 0.25) is 0 Å². The molecule has 1 aromatic heterocycles. The molecule has 0 aromatic carbocycles. The molecule has 0 amide bonds. The van der Waals surface area contributed by atoms with E-state index in [-0.39, 0.29) is 11.9 Å². The van der Waals surface area contributed by atoms with Crippen LogP contribution < -0.4 is 11.1 Å². The molecule has 0 saturated heterocycles. The summed E-state index contributed by atoms with van der Waals surface area (Å²) < 4.78 is 4.89. The fourth-order valence-corrected chi connectivity index (χ4v) is 1.03. The number of nitrogens with two attached hydrogens (primary N) is 1. The molecule has 1 atom stereocenters. The van der Waals surface area contributed by atoms with Gasteiger partial charge in [-0.3, -0.25) is 0 Å². The van der Waals surface area contributed by atoms with Crippen LogP contribution in [0.2, 0.25) is 0 Å². The van der Waals surface area contributed by atoms with Crippen LogP contribution in [-0.4, -0.2) is 22.2 Å². The Morgan fingerprint density at radius 2 is 2.64 bits per heavy atom. The minimum absolute atomic E-state index is 0.121. The van der Waals surface area contributed by atoms with Crippen LogP contribution >= 0.6 is 0 Å². The van der Waals surface area contributed by atoms with Gasteiger partial charge in [-0.1, -0.05) is 10.3 Å². The van der Waals surface area contributed by atoms with Crippen LogP contribution in [0.5, 0.6) is 0 Å². The number of aromatic nitrogens is 1. The highest BCUT2D eigenvalue weighted by Gasteiger charge is 2.05. The lowest BCUT2D eigenvalue weighted by Crippen LogP contribution is -2.30. The highest BCUT2D eigenvalue weighted by molar-refractivity contribution is 5.80. The lowest BCUT2D eigenvalue weighted by Gasteiger charge is -2.10. The van der Waals surface area contributed by atoms with Gasteiger partial charge < -0.3 is 20.8 Å². The number of oxime groups is 1. The fourth-order valence-electron chi connectivity index (χ4n) is 1.03. The van der Waals surface area contributed by atoms with Crippen molar-refractivity contribution in [2.24, 2.45) is 10.9 Å². The molecule has 1 heterocycles. The predicted octanol–water partition coefficient (Wildman–Crippen LogP) is 0.289. The van der Waals surface area contributed by atoms with Crippen molar-refractivity contribution in [3.63, 3.8) is 0 Å². The third-order valence-corrected chi connectivity index (χ3v) is 1.76. The zero-order chi connectivity index (χ0) is 10.4. The van der Waals surface area contributed by atoms with E-state index >= 15 is 0 Å². The van der Waals surface area contributed by atoms with Crippen molar-refractivity contribution in [3.05, 3.63) is 18.0 Å². The third kappa shape index (κ3) is 3.44. The Morgan fingerprint density at radius 1 is 1.86 bits per heavy atom. The van der Waals surface area contributed by atoms with E-state index in [0.717, 1.165) is 5.76 Å². The van der Waals surface area contributed by atoms with Crippen molar-refractivity contribution in [2.75, 3.05) is 0 Å². The van der Waals surface area contributed by atoms with Crippen LogP contribution in [0.15, 0.2) is 21.9 Å². The maximum atomic E-state index is 8.34. The molecule has 1 unspecified atom stereocenters. The van der Waals surface area contributed by atoms with Crippen LogP contribution in [0.4, 0.5) is 0 Å². The van der Waals surface area contributed by atoms with Crippen molar-refractivity contribution < 1.29 is 9.73 Å². The Bertz CT molecular complexity index is 284. The quantitative estimate of drug-likeness (QED) is 0.273. The Morgan fingerprint density at radius 3 is 3.21 bits per heavy atom. The van der Waals surface area contributed by atoms with E-state index in [1.807, 2.05) is 6.92 Å². The molecule has 0 fully saturated rings. The first-order valence-corrected chi connectivity index (χ1v) is 4.31. The molecular formula is C8H14N4O2. The highest BCUT2D eigenvalue weighted by Crippen LogP contribution is 1.98. The van der Waals surface area contributed by atoms with E-state index in [9.17, 15) is 0 Å². The summed E-state index contributed by atoms with van der Waals surface area (Å²) in [5, 5.41) is 18.0. The minimum Gasteiger partial charge on any atom is -0.409 e. The van der Waals surface area contributed by atoms with Gasteiger partial charge in [0.1, 0.15) is 11.6 Å². The Labute approximate surface area is 81.8 Å². The van der Waals surface area contributed by atoms with Gasteiger partial charge in [-0.2, -0.15) is 0 Å². The van der Waals surface area contributed by atoms with Gasteiger partial charge >= 0.3 is 0 Å². The Hall–Kier alpha value is -1.56. The number of rotatable bonds is 5. The molecule has 0 aliphatic rings. The topological polar surface area (TPSA) is 96.7 Å². The Kier molecular flexibility index (Phi) is 3.93. The van der Waals surface area contributed by atoms with Gasteiger partial charge in [0.15, 0.2) is 0 Å². The minimum atomic E-state index is 0.121.